The average molecular weight is 424 g/mol. The molecule has 0 fully saturated rings. The van der Waals surface area contributed by atoms with Gasteiger partial charge in [-0.2, -0.15) is 5.10 Å². The highest BCUT2D eigenvalue weighted by Gasteiger charge is 2.25. The topological polar surface area (TPSA) is 53.9 Å². The number of unbranched alkanes of at least 4 members (excludes halogenated alkanes) is 2. The highest BCUT2D eigenvalue weighted by atomic mass is 32.2. The molecule has 2 aromatic carbocycles. The van der Waals surface area contributed by atoms with E-state index in [2.05, 4.69) is 67.2 Å². The van der Waals surface area contributed by atoms with E-state index in [1.54, 1.807) is 11.8 Å². The largest absolute Gasteiger partial charge is 0.463 e. The average Bonchev–Trinajstić information content (AvgIpc) is 3.18. The minimum Gasteiger partial charge on any atom is -0.463 e. The van der Waals surface area contributed by atoms with Crippen molar-refractivity contribution in [2.75, 3.05) is 18.5 Å². The molecule has 0 radical (unpaired) electrons. The lowest BCUT2D eigenvalue weighted by atomic mass is 10.1. The third-order valence-corrected chi connectivity index (χ3v) is 6.09. The highest BCUT2D eigenvalue weighted by Crippen LogP contribution is 2.39. The molecule has 1 unspecified atom stereocenters. The van der Waals surface area contributed by atoms with Crippen LogP contribution in [0.4, 0.5) is 5.69 Å². The predicted octanol–water partition coefficient (Wildman–Crippen LogP) is 5.34. The second kappa shape index (κ2) is 10.9. The van der Waals surface area contributed by atoms with Crippen LogP contribution in [0.15, 0.2) is 65.1 Å². The number of nitrogens with zero attached hydrogens (tertiary/aromatic N) is 2. The van der Waals surface area contributed by atoms with Gasteiger partial charge in [0.1, 0.15) is 0 Å². The first-order chi connectivity index (χ1) is 14.6. The molecule has 3 rings (SSSR count). The third kappa shape index (κ3) is 6.13. The number of benzene rings is 2. The van der Waals surface area contributed by atoms with Gasteiger partial charge >= 0.3 is 5.97 Å². The Hall–Kier alpha value is -2.73. The van der Waals surface area contributed by atoms with Crippen molar-refractivity contribution in [2.24, 2.45) is 5.10 Å². The first-order valence-electron chi connectivity index (χ1n) is 10.3. The second-order valence-corrected chi connectivity index (χ2v) is 8.43. The van der Waals surface area contributed by atoms with Crippen molar-refractivity contribution in [3.8, 4) is 0 Å². The number of carbonyl (C=O) groups is 1. The van der Waals surface area contributed by atoms with E-state index in [1.165, 1.54) is 22.1 Å². The summed E-state index contributed by atoms with van der Waals surface area (Å²) < 4.78 is 5.05. The van der Waals surface area contributed by atoms with Crippen LogP contribution in [0.25, 0.3) is 0 Å². The zero-order chi connectivity index (χ0) is 21.3. The first-order valence-corrected chi connectivity index (χ1v) is 11.1. The van der Waals surface area contributed by atoms with Gasteiger partial charge in [-0.15, -0.1) is 0 Å². The lowest BCUT2D eigenvalue weighted by Gasteiger charge is -2.25. The number of esters is 1. The Morgan fingerprint density at radius 3 is 2.87 bits per heavy atom. The fourth-order valence-corrected chi connectivity index (χ4v) is 4.28. The number of aryl methyl sites for hydroxylation is 2. The van der Waals surface area contributed by atoms with Crippen molar-refractivity contribution in [1.82, 2.24) is 5.01 Å². The smallest absolute Gasteiger partial charge is 0.330 e. The Balaban J connectivity index is 1.62. The van der Waals surface area contributed by atoms with Crippen LogP contribution in [0.1, 0.15) is 36.0 Å². The minimum absolute atomic E-state index is 0.0577. The van der Waals surface area contributed by atoms with Crippen LogP contribution < -0.4 is 5.32 Å². The molecular formula is C24H29N3O2S. The summed E-state index contributed by atoms with van der Waals surface area (Å²) in [4.78, 5) is 12.4. The quantitative estimate of drug-likeness (QED) is 0.184. The highest BCUT2D eigenvalue weighted by molar-refractivity contribution is 8.00. The van der Waals surface area contributed by atoms with E-state index in [0.29, 0.717) is 6.61 Å². The minimum atomic E-state index is -0.362. The van der Waals surface area contributed by atoms with Crippen molar-refractivity contribution in [2.45, 2.75) is 43.5 Å². The molecule has 0 amide bonds. The predicted molar refractivity (Wildman–Crippen MR) is 125 cm³/mol. The van der Waals surface area contributed by atoms with Gasteiger partial charge in [-0.1, -0.05) is 54.2 Å². The molecular weight excluding hydrogens is 394 g/mol. The van der Waals surface area contributed by atoms with Crippen LogP contribution in [-0.4, -0.2) is 35.8 Å². The van der Waals surface area contributed by atoms with Crippen molar-refractivity contribution in [3.63, 3.8) is 0 Å². The fraction of sp³-hybridized carbons (Fsp3) is 0.333. The number of carbonyl (C=O) groups excluding carboxylic acids is 1. The molecule has 2 aromatic rings. The number of hydrogen-bond acceptors (Lipinski definition) is 6. The summed E-state index contributed by atoms with van der Waals surface area (Å²) in [6, 6.07) is 14.7. The summed E-state index contributed by atoms with van der Waals surface area (Å²) in [5.74, 6) is -0.362. The monoisotopic (exact) mass is 423 g/mol. The molecule has 0 bridgehead atoms. The van der Waals surface area contributed by atoms with E-state index in [4.69, 9.17) is 9.84 Å². The number of nitrogens with one attached hydrogen (secondary N) is 1. The molecule has 1 aliphatic heterocycles. The molecule has 6 heteroatoms. The zero-order valence-corrected chi connectivity index (χ0v) is 18.5. The van der Waals surface area contributed by atoms with Gasteiger partial charge in [0, 0.05) is 17.5 Å². The normalized spacial score (nSPS) is 14.9. The van der Waals surface area contributed by atoms with E-state index in [1.807, 2.05) is 12.3 Å². The summed E-state index contributed by atoms with van der Waals surface area (Å²) in [6.07, 6.45) is 5.92. The van der Waals surface area contributed by atoms with E-state index < -0.39 is 0 Å². The van der Waals surface area contributed by atoms with Crippen LogP contribution >= 0.6 is 11.8 Å². The van der Waals surface area contributed by atoms with Crippen LogP contribution in [0.3, 0.4) is 0 Å². The number of rotatable bonds is 10. The summed E-state index contributed by atoms with van der Waals surface area (Å²) in [7, 11) is 0. The lowest BCUT2D eigenvalue weighted by Crippen LogP contribution is -2.33. The van der Waals surface area contributed by atoms with Gasteiger partial charge in [-0.25, -0.2) is 4.79 Å². The SMILES string of the molecule is C=CC(=O)OCCCCCN(/N=C/c1cc(C)ccc1C)C1Nc2ccccc2S1. The summed E-state index contributed by atoms with van der Waals surface area (Å²) in [5.41, 5.74) is 4.78. The fourth-order valence-electron chi connectivity index (χ4n) is 3.16. The number of hydrazone groups is 1. The molecule has 0 aliphatic carbocycles. The lowest BCUT2D eigenvalue weighted by molar-refractivity contribution is -0.137. The Labute approximate surface area is 183 Å². The zero-order valence-electron chi connectivity index (χ0n) is 17.6. The molecule has 1 aliphatic rings. The van der Waals surface area contributed by atoms with Crippen molar-refractivity contribution in [3.05, 3.63) is 71.8 Å². The second-order valence-electron chi connectivity index (χ2n) is 7.31. The summed E-state index contributed by atoms with van der Waals surface area (Å²) in [6.45, 7) is 8.86. The van der Waals surface area contributed by atoms with Crippen LogP contribution in [0.2, 0.25) is 0 Å². The standard InChI is InChI=1S/C24H29N3O2S/c1-4-23(28)29-15-9-5-8-14-27(24-26-21-10-6-7-11-22(21)30-24)25-17-20-16-18(2)12-13-19(20)3/h4,6-7,10-13,16-17,24,26H,1,5,8-9,14-15H2,2-3H3/b25-17+. The van der Waals surface area contributed by atoms with E-state index >= 15 is 0 Å². The summed E-state index contributed by atoms with van der Waals surface area (Å²) >= 11 is 1.78. The van der Waals surface area contributed by atoms with Gasteiger partial charge in [-0.3, -0.25) is 5.01 Å². The Morgan fingerprint density at radius 2 is 2.07 bits per heavy atom. The molecule has 158 valence electrons. The van der Waals surface area contributed by atoms with E-state index in [9.17, 15) is 4.79 Å². The van der Waals surface area contributed by atoms with E-state index in [-0.39, 0.29) is 11.5 Å². The van der Waals surface area contributed by atoms with Crippen molar-refractivity contribution < 1.29 is 9.53 Å². The van der Waals surface area contributed by atoms with Gasteiger partial charge < -0.3 is 10.1 Å². The van der Waals surface area contributed by atoms with Crippen LogP contribution in [0, 0.1) is 13.8 Å². The Bertz CT molecular complexity index is 888. The molecule has 1 atom stereocenters. The maximum Gasteiger partial charge on any atom is 0.330 e. The molecule has 1 N–H and O–H groups in total. The van der Waals surface area contributed by atoms with E-state index in [0.717, 1.165) is 37.1 Å². The molecule has 0 spiro atoms. The van der Waals surface area contributed by atoms with Crippen molar-refractivity contribution in [1.29, 1.82) is 0 Å². The van der Waals surface area contributed by atoms with Gasteiger partial charge in [-0.05, 0) is 56.4 Å². The molecule has 1 heterocycles. The number of anilines is 1. The van der Waals surface area contributed by atoms with Gasteiger partial charge in [0.15, 0.2) is 5.50 Å². The van der Waals surface area contributed by atoms with Gasteiger partial charge in [0.2, 0.25) is 0 Å². The number of ether oxygens (including phenoxy) is 1. The van der Waals surface area contributed by atoms with Crippen molar-refractivity contribution >= 4 is 29.6 Å². The molecule has 0 saturated heterocycles. The van der Waals surface area contributed by atoms with Gasteiger partial charge in [0.05, 0.1) is 18.5 Å². The molecule has 0 saturated carbocycles. The Morgan fingerprint density at radius 1 is 1.23 bits per heavy atom. The number of para-hydroxylation sites is 1. The van der Waals surface area contributed by atoms with Crippen LogP contribution in [0.5, 0.6) is 0 Å². The number of hydrogen-bond donors (Lipinski definition) is 1. The maximum atomic E-state index is 11.1. The maximum absolute atomic E-state index is 11.1. The Kier molecular flexibility index (Phi) is 7.97. The van der Waals surface area contributed by atoms with Crippen LogP contribution in [-0.2, 0) is 9.53 Å². The number of fused-ring (bicyclic) bond motifs is 1. The summed E-state index contributed by atoms with van der Waals surface area (Å²) in [5, 5.41) is 10.5. The first kappa shape index (κ1) is 22.0. The third-order valence-electron chi connectivity index (χ3n) is 4.90. The molecule has 30 heavy (non-hydrogen) atoms. The molecule has 5 nitrogen and oxygen atoms in total. The number of thioether (sulfide) groups is 1. The van der Waals surface area contributed by atoms with Gasteiger partial charge in [0.25, 0.3) is 0 Å². The molecule has 0 aromatic heterocycles.